The molecule has 154 valence electrons. The predicted molar refractivity (Wildman–Crippen MR) is 116 cm³/mol. The van der Waals surface area contributed by atoms with Crippen LogP contribution in [0.15, 0.2) is 30.3 Å². The van der Waals surface area contributed by atoms with E-state index in [1.165, 1.54) is 11.3 Å². The Morgan fingerprint density at radius 1 is 1.28 bits per heavy atom. The van der Waals surface area contributed by atoms with Crippen molar-refractivity contribution in [3.8, 4) is 5.69 Å². The van der Waals surface area contributed by atoms with Crippen LogP contribution in [0.2, 0.25) is 5.02 Å². The molecule has 0 saturated carbocycles. The number of nitrogens with one attached hydrogen (secondary N) is 1. The number of fused-ring (bicyclic) bond motifs is 1. The number of nitrogens with zero attached hydrogens (tertiary/aromatic N) is 3. The molecule has 1 aromatic carbocycles. The number of halogens is 1. The lowest BCUT2D eigenvalue weighted by Crippen LogP contribution is -2.46. The highest BCUT2D eigenvalue weighted by atomic mass is 35.5. The van der Waals surface area contributed by atoms with E-state index in [9.17, 15) is 13.2 Å². The Labute approximate surface area is 178 Å². The SMILES string of the molecule is Cc1nn(-c2ccccc2Cl)c2sc(C(=O)N3CCC(NS(C)(=O)=O)CC3)cc12. The van der Waals surface area contributed by atoms with E-state index in [-0.39, 0.29) is 11.9 Å². The van der Waals surface area contributed by atoms with Crippen LogP contribution in [0.1, 0.15) is 28.2 Å². The van der Waals surface area contributed by atoms with Gasteiger partial charge in [-0.3, -0.25) is 4.79 Å². The molecule has 1 saturated heterocycles. The van der Waals surface area contributed by atoms with Gasteiger partial charge in [-0.2, -0.15) is 5.10 Å². The van der Waals surface area contributed by atoms with Crippen LogP contribution in [-0.2, 0) is 10.0 Å². The van der Waals surface area contributed by atoms with Crippen molar-refractivity contribution in [3.63, 3.8) is 0 Å². The molecule has 0 aliphatic carbocycles. The second-order valence-electron chi connectivity index (χ2n) is 7.23. The normalized spacial score (nSPS) is 15.9. The molecule has 3 heterocycles. The van der Waals surface area contributed by atoms with Crippen molar-refractivity contribution < 1.29 is 13.2 Å². The van der Waals surface area contributed by atoms with Crippen LogP contribution in [0.4, 0.5) is 0 Å². The van der Waals surface area contributed by atoms with Gasteiger partial charge in [0.2, 0.25) is 10.0 Å². The number of piperidine rings is 1. The van der Waals surface area contributed by atoms with E-state index in [4.69, 9.17) is 11.6 Å². The number of aromatic nitrogens is 2. The fourth-order valence-corrected chi connectivity index (χ4v) is 5.80. The molecule has 2 aromatic heterocycles. The van der Waals surface area contributed by atoms with Crippen LogP contribution in [0, 0.1) is 6.92 Å². The van der Waals surface area contributed by atoms with Gasteiger partial charge in [-0.25, -0.2) is 17.8 Å². The average Bonchev–Trinajstić information content (AvgIpc) is 3.22. The zero-order chi connectivity index (χ0) is 20.8. The summed E-state index contributed by atoms with van der Waals surface area (Å²) in [7, 11) is -3.23. The highest BCUT2D eigenvalue weighted by Crippen LogP contribution is 2.33. The Bertz CT molecular complexity index is 1180. The number of aryl methyl sites for hydroxylation is 1. The van der Waals surface area contributed by atoms with Crippen LogP contribution in [-0.4, -0.2) is 54.4 Å². The van der Waals surface area contributed by atoms with Gasteiger partial charge in [-0.1, -0.05) is 23.7 Å². The molecule has 3 aromatic rings. The van der Waals surface area contributed by atoms with E-state index in [1.807, 2.05) is 37.3 Å². The lowest BCUT2D eigenvalue weighted by Gasteiger charge is -2.31. The topological polar surface area (TPSA) is 84.3 Å². The zero-order valence-electron chi connectivity index (χ0n) is 16.1. The second kappa shape index (κ2) is 7.71. The summed E-state index contributed by atoms with van der Waals surface area (Å²) in [4.78, 5) is 16.3. The molecule has 4 rings (SSSR count). The second-order valence-corrected chi connectivity index (χ2v) is 10.5. The third kappa shape index (κ3) is 4.18. The van der Waals surface area contributed by atoms with Crippen LogP contribution in [0.3, 0.4) is 0 Å². The van der Waals surface area contributed by atoms with E-state index in [0.29, 0.717) is 35.8 Å². The van der Waals surface area contributed by atoms with Crippen molar-refractivity contribution in [1.29, 1.82) is 0 Å². The molecule has 1 aliphatic heterocycles. The molecule has 7 nitrogen and oxygen atoms in total. The molecule has 0 bridgehead atoms. The van der Waals surface area contributed by atoms with Crippen LogP contribution < -0.4 is 4.72 Å². The van der Waals surface area contributed by atoms with Gasteiger partial charge in [0.15, 0.2) is 0 Å². The van der Waals surface area contributed by atoms with Gasteiger partial charge in [-0.05, 0) is 38.0 Å². The maximum atomic E-state index is 13.0. The molecule has 29 heavy (non-hydrogen) atoms. The maximum Gasteiger partial charge on any atom is 0.264 e. The van der Waals surface area contributed by atoms with Crippen molar-refractivity contribution in [3.05, 3.63) is 45.9 Å². The number of likely N-dealkylation sites (tertiary alicyclic amines) is 1. The fourth-order valence-electron chi connectivity index (χ4n) is 3.60. The van der Waals surface area contributed by atoms with E-state index in [2.05, 4.69) is 9.82 Å². The standard InChI is InChI=1S/C19H21ClN4O3S2/c1-12-14-11-17(18(25)23-9-7-13(8-10-23)22-29(2,26)27)28-19(14)24(21-12)16-6-4-3-5-15(16)20/h3-6,11,13,22H,7-10H2,1-2H3. The van der Waals surface area contributed by atoms with Gasteiger partial charge in [-0.15, -0.1) is 11.3 Å². The smallest absolute Gasteiger partial charge is 0.264 e. The van der Waals surface area contributed by atoms with Crippen molar-refractivity contribution in [2.75, 3.05) is 19.3 Å². The Hall–Kier alpha value is -1.94. The zero-order valence-corrected chi connectivity index (χ0v) is 18.4. The molecular formula is C19H21ClN4O3S2. The molecule has 1 aliphatic rings. The number of rotatable bonds is 4. The largest absolute Gasteiger partial charge is 0.338 e. The summed E-state index contributed by atoms with van der Waals surface area (Å²) in [5, 5.41) is 6.12. The van der Waals surface area contributed by atoms with Crippen molar-refractivity contribution in [2.24, 2.45) is 0 Å². The Morgan fingerprint density at radius 3 is 2.62 bits per heavy atom. The minimum absolute atomic E-state index is 0.0332. The summed E-state index contributed by atoms with van der Waals surface area (Å²) in [5.74, 6) is -0.0332. The van der Waals surface area contributed by atoms with Gasteiger partial charge in [0, 0.05) is 24.5 Å². The molecule has 0 radical (unpaired) electrons. The molecule has 1 fully saturated rings. The number of hydrogen-bond acceptors (Lipinski definition) is 5. The number of hydrogen-bond donors (Lipinski definition) is 1. The summed E-state index contributed by atoms with van der Waals surface area (Å²) in [6.07, 6.45) is 2.37. The minimum Gasteiger partial charge on any atom is -0.338 e. The van der Waals surface area contributed by atoms with E-state index < -0.39 is 10.0 Å². The number of carbonyl (C=O) groups excluding carboxylic acids is 1. The van der Waals surface area contributed by atoms with Gasteiger partial charge < -0.3 is 4.90 Å². The van der Waals surface area contributed by atoms with E-state index in [0.717, 1.165) is 27.9 Å². The molecule has 0 atom stereocenters. The highest BCUT2D eigenvalue weighted by Gasteiger charge is 2.27. The number of carbonyl (C=O) groups is 1. The summed E-state index contributed by atoms with van der Waals surface area (Å²) in [5.41, 5.74) is 1.62. The molecule has 0 spiro atoms. The Kier molecular flexibility index (Phi) is 5.41. The summed E-state index contributed by atoms with van der Waals surface area (Å²) >= 11 is 7.74. The molecule has 10 heteroatoms. The lowest BCUT2D eigenvalue weighted by atomic mass is 10.1. The first-order valence-corrected chi connectivity index (χ1v) is 12.3. The van der Waals surface area contributed by atoms with Gasteiger partial charge in [0.25, 0.3) is 5.91 Å². The van der Waals surface area contributed by atoms with Crippen LogP contribution >= 0.6 is 22.9 Å². The maximum absolute atomic E-state index is 13.0. The van der Waals surface area contributed by atoms with Gasteiger partial charge >= 0.3 is 0 Å². The molecule has 0 unspecified atom stereocenters. The first-order chi connectivity index (χ1) is 13.7. The number of sulfonamides is 1. The van der Waals surface area contributed by atoms with Gasteiger partial charge in [0.1, 0.15) is 4.83 Å². The molecule has 1 amide bonds. The monoisotopic (exact) mass is 452 g/mol. The Morgan fingerprint density at radius 2 is 1.97 bits per heavy atom. The summed E-state index contributed by atoms with van der Waals surface area (Å²) in [6.45, 7) is 2.96. The first kappa shape index (κ1) is 20.3. The highest BCUT2D eigenvalue weighted by molar-refractivity contribution is 7.88. The predicted octanol–water partition coefficient (Wildman–Crippen LogP) is 3.20. The van der Waals surface area contributed by atoms with E-state index >= 15 is 0 Å². The van der Waals surface area contributed by atoms with Crippen molar-refractivity contribution in [1.82, 2.24) is 19.4 Å². The minimum atomic E-state index is -3.23. The molecular weight excluding hydrogens is 432 g/mol. The fraction of sp³-hybridized carbons (Fsp3) is 0.368. The number of thiophene rings is 1. The van der Waals surface area contributed by atoms with Crippen LogP contribution in [0.25, 0.3) is 15.9 Å². The van der Waals surface area contributed by atoms with Crippen molar-refractivity contribution in [2.45, 2.75) is 25.8 Å². The number of para-hydroxylation sites is 1. The number of amides is 1. The first-order valence-electron chi connectivity index (χ1n) is 9.23. The third-order valence-corrected chi connectivity index (χ3v) is 7.18. The Balaban J connectivity index is 1.57. The number of benzene rings is 1. The van der Waals surface area contributed by atoms with Crippen molar-refractivity contribution >= 4 is 49.1 Å². The quantitative estimate of drug-likeness (QED) is 0.658. The summed E-state index contributed by atoms with van der Waals surface area (Å²) < 4.78 is 27.2. The molecule has 1 N–H and O–H groups in total. The van der Waals surface area contributed by atoms with Gasteiger partial charge in [0.05, 0.1) is 27.5 Å². The summed E-state index contributed by atoms with van der Waals surface area (Å²) in [6, 6.07) is 9.25. The van der Waals surface area contributed by atoms with E-state index in [1.54, 1.807) is 9.58 Å². The van der Waals surface area contributed by atoms with Crippen LogP contribution in [0.5, 0.6) is 0 Å². The average molecular weight is 453 g/mol. The lowest BCUT2D eigenvalue weighted by molar-refractivity contribution is 0.0716. The third-order valence-electron chi connectivity index (χ3n) is 5.00.